The van der Waals surface area contributed by atoms with Gasteiger partial charge in [-0.3, -0.25) is 4.79 Å². The number of rotatable bonds is 3. The van der Waals surface area contributed by atoms with E-state index in [1.807, 2.05) is 0 Å². The van der Waals surface area contributed by atoms with Gasteiger partial charge >= 0.3 is 0 Å². The van der Waals surface area contributed by atoms with Crippen molar-refractivity contribution in [2.45, 2.75) is 0 Å². The summed E-state index contributed by atoms with van der Waals surface area (Å²) >= 11 is 0. The molecule has 0 aliphatic rings. The molecule has 1 N–H and O–H groups in total. The Balaban J connectivity index is 2.70. The Hall–Kier alpha value is -1.91. The SMILES string of the molecule is CN(C)/C=C/C(=O)Nc1ccc(F)cc1F. The molecule has 1 rings (SSSR count). The normalized spacial score (nSPS) is 10.5. The van der Waals surface area contributed by atoms with Gasteiger partial charge in [0, 0.05) is 32.4 Å². The molecule has 3 nitrogen and oxygen atoms in total. The number of carbonyl (C=O) groups excluding carboxylic acids is 1. The molecule has 0 aliphatic carbocycles. The van der Waals surface area contributed by atoms with Gasteiger partial charge in [0.1, 0.15) is 11.6 Å². The molecule has 1 amide bonds. The molecule has 0 atom stereocenters. The van der Waals surface area contributed by atoms with Crippen LogP contribution in [0.1, 0.15) is 0 Å². The predicted molar refractivity (Wildman–Crippen MR) is 57.8 cm³/mol. The van der Waals surface area contributed by atoms with Crippen LogP contribution in [-0.4, -0.2) is 24.9 Å². The van der Waals surface area contributed by atoms with E-state index in [0.717, 1.165) is 6.07 Å². The minimum atomic E-state index is -0.799. The van der Waals surface area contributed by atoms with E-state index in [2.05, 4.69) is 5.32 Å². The molecule has 0 bridgehead atoms. The van der Waals surface area contributed by atoms with Crippen LogP contribution in [0.3, 0.4) is 0 Å². The van der Waals surface area contributed by atoms with Crippen molar-refractivity contribution in [3.05, 3.63) is 42.1 Å². The molecular weight excluding hydrogens is 214 g/mol. The first-order valence-electron chi connectivity index (χ1n) is 4.59. The molecule has 0 radical (unpaired) electrons. The number of hydrogen-bond donors (Lipinski definition) is 1. The number of halogens is 2. The van der Waals surface area contributed by atoms with Crippen molar-refractivity contribution in [2.75, 3.05) is 19.4 Å². The molecule has 0 aromatic heterocycles. The van der Waals surface area contributed by atoms with Gasteiger partial charge in [-0.2, -0.15) is 0 Å². The summed E-state index contributed by atoms with van der Waals surface area (Å²) in [5.74, 6) is -1.95. The maximum absolute atomic E-state index is 13.1. The minimum Gasteiger partial charge on any atom is -0.383 e. The lowest BCUT2D eigenvalue weighted by molar-refractivity contribution is -0.112. The third kappa shape index (κ3) is 3.68. The van der Waals surface area contributed by atoms with Crippen molar-refractivity contribution < 1.29 is 13.6 Å². The van der Waals surface area contributed by atoms with Crippen molar-refractivity contribution in [3.8, 4) is 0 Å². The number of nitrogens with one attached hydrogen (secondary N) is 1. The summed E-state index contributed by atoms with van der Waals surface area (Å²) in [4.78, 5) is 12.9. The summed E-state index contributed by atoms with van der Waals surface area (Å²) < 4.78 is 25.7. The molecule has 86 valence electrons. The van der Waals surface area contributed by atoms with Gasteiger partial charge in [0.05, 0.1) is 5.69 Å². The number of hydrogen-bond acceptors (Lipinski definition) is 2. The highest BCUT2D eigenvalue weighted by atomic mass is 19.1. The van der Waals surface area contributed by atoms with Crippen LogP contribution in [0.15, 0.2) is 30.5 Å². The Morgan fingerprint density at radius 2 is 2.06 bits per heavy atom. The molecule has 0 fully saturated rings. The molecule has 5 heteroatoms. The van der Waals surface area contributed by atoms with E-state index in [1.165, 1.54) is 18.3 Å². The van der Waals surface area contributed by atoms with Gasteiger partial charge in [-0.05, 0) is 12.1 Å². The largest absolute Gasteiger partial charge is 0.383 e. The minimum absolute atomic E-state index is 0.0465. The van der Waals surface area contributed by atoms with Crippen molar-refractivity contribution in [3.63, 3.8) is 0 Å². The molecule has 0 saturated carbocycles. The molecule has 0 aliphatic heterocycles. The Bertz CT molecular complexity index is 416. The number of anilines is 1. The number of nitrogens with zero attached hydrogens (tertiary/aromatic N) is 1. The van der Waals surface area contributed by atoms with Crippen LogP contribution in [0.4, 0.5) is 14.5 Å². The number of benzene rings is 1. The van der Waals surface area contributed by atoms with Crippen LogP contribution in [0.25, 0.3) is 0 Å². The van der Waals surface area contributed by atoms with Gasteiger partial charge in [-0.15, -0.1) is 0 Å². The zero-order valence-corrected chi connectivity index (χ0v) is 9.00. The maximum Gasteiger partial charge on any atom is 0.249 e. The summed E-state index contributed by atoms with van der Waals surface area (Å²) in [7, 11) is 3.50. The van der Waals surface area contributed by atoms with Crippen molar-refractivity contribution in [1.82, 2.24) is 4.90 Å². The fraction of sp³-hybridized carbons (Fsp3) is 0.182. The second-order valence-corrected chi connectivity index (χ2v) is 3.39. The van der Waals surface area contributed by atoms with E-state index < -0.39 is 17.5 Å². The van der Waals surface area contributed by atoms with E-state index in [-0.39, 0.29) is 5.69 Å². The third-order valence-electron chi connectivity index (χ3n) is 1.71. The zero-order chi connectivity index (χ0) is 12.1. The van der Waals surface area contributed by atoms with E-state index in [0.29, 0.717) is 6.07 Å². The molecule has 16 heavy (non-hydrogen) atoms. The van der Waals surface area contributed by atoms with Crippen molar-refractivity contribution in [2.24, 2.45) is 0 Å². The van der Waals surface area contributed by atoms with Gasteiger partial charge in [0.25, 0.3) is 0 Å². The van der Waals surface area contributed by atoms with E-state index in [1.54, 1.807) is 19.0 Å². The molecule has 1 aromatic carbocycles. The predicted octanol–water partition coefficient (Wildman–Crippen LogP) is 1.98. The van der Waals surface area contributed by atoms with Crippen LogP contribution in [0, 0.1) is 11.6 Å². The first-order chi connectivity index (χ1) is 7.49. The smallest absolute Gasteiger partial charge is 0.249 e. The topological polar surface area (TPSA) is 32.3 Å². The van der Waals surface area contributed by atoms with Gasteiger partial charge in [0.2, 0.25) is 5.91 Å². The van der Waals surface area contributed by atoms with Crippen LogP contribution in [-0.2, 0) is 4.79 Å². The van der Waals surface area contributed by atoms with Gasteiger partial charge in [-0.1, -0.05) is 0 Å². The molecule has 0 unspecified atom stereocenters. The average Bonchev–Trinajstić information content (AvgIpc) is 2.19. The Kier molecular flexibility index (Phi) is 3.99. The molecule has 0 heterocycles. The van der Waals surface area contributed by atoms with Crippen molar-refractivity contribution >= 4 is 11.6 Å². The Morgan fingerprint density at radius 1 is 1.38 bits per heavy atom. The fourth-order valence-corrected chi connectivity index (χ4v) is 0.982. The summed E-state index contributed by atoms with van der Waals surface area (Å²) in [6.45, 7) is 0. The first-order valence-corrected chi connectivity index (χ1v) is 4.59. The highest BCUT2D eigenvalue weighted by Crippen LogP contribution is 2.14. The highest BCUT2D eigenvalue weighted by molar-refractivity contribution is 5.99. The van der Waals surface area contributed by atoms with Gasteiger partial charge < -0.3 is 10.2 Å². The Morgan fingerprint density at radius 3 is 2.62 bits per heavy atom. The second-order valence-electron chi connectivity index (χ2n) is 3.39. The summed E-state index contributed by atoms with van der Waals surface area (Å²) in [6, 6.07) is 2.96. The van der Waals surface area contributed by atoms with Crippen LogP contribution >= 0.6 is 0 Å². The first kappa shape index (κ1) is 12.2. The molecule has 0 spiro atoms. The number of amides is 1. The molecule has 1 aromatic rings. The lowest BCUT2D eigenvalue weighted by Crippen LogP contribution is -2.11. The lowest BCUT2D eigenvalue weighted by atomic mass is 10.3. The van der Waals surface area contributed by atoms with Crippen LogP contribution in [0.2, 0.25) is 0 Å². The summed E-state index contributed by atoms with van der Waals surface area (Å²) in [5.41, 5.74) is -0.0465. The maximum atomic E-state index is 13.1. The molecular formula is C11H12F2N2O. The molecule has 0 saturated heterocycles. The fourth-order valence-electron chi connectivity index (χ4n) is 0.982. The average molecular weight is 226 g/mol. The van der Waals surface area contributed by atoms with Gasteiger partial charge in [0.15, 0.2) is 0 Å². The summed E-state index contributed by atoms with van der Waals surface area (Å²) in [6.07, 6.45) is 2.78. The van der Waals surface area contributed by atoms with E-state index >= 15 is 0 Å². The van der Waals surface area contributed by atoms with Crippen molar-refractivity contribution in [1.29, 1.82) is 0 Å². The highest BCUT2D eigenvalue weighted by Gasteiger charge is 2.05. The van der Waals surface area contributed by atoms with Gasteiger partial charge in [-0.25, -0.2) is 8.78 Å². The standard InChI is InChI=1S/C11H12F2N2O/c1-15(2)6-5-11(16)14-10-4-3-8(12)7-9(10)13/h3-7H,1-2H3,(H,14,16)/b6-5+. The third-order valence-corrected chi connectivity index (χ3v) is 1.71. The monoisotopic (exact) mass is 226 g/mol. The zero-order valence-electron chi connectivity index (χ0n) is 9.00. The Labute approximate surface area is 92.4 Å². The van der Waals surface area contributed by atoms with E-state index in [4.69, 9.17) is 0 Å². The second kappa shape index (κ2) is 5.25. The van der Waals surface area contributed by atoms with E-state index in [9.17, 15) is 13.6 Å². The van der Waals surface area contributed by atoms with Crippen LogP contribution < -0.4 is 5.32 Å². The quantitative estimate of drug-likeness (QED) is 0.799. The van der Waals surface area contributed by atoms with Crippen LogP contribution in [0.5, 0.6) is 0 Å². The lowest BCUT2D eigenvalue weighted by Gasteiger charge is -2.05. The summed E-state index contributed by atoms with van der Waals surface area (Å²) in [5, 5.41) is 2.30. The number of carbonyl (C=O) groups is 1.